The second kappa shape index (κ2) is 8.80. The minimum absolute atomic E-state index is 0.259. The third-order valence-corrected chi connectivity index (χ3v) is 4.62. The monoisotopic (exact) mass is 409 g/mol. The van der Waals surface area contributed by atoms with Gasteiger partial charge >= 0.3 is 0 Å². The van der Waals surface area contributed by atoms with Crippen LogP contribution in [0.3, 0.4) is 0 Å². The molecule has 2 aromatic carbocycles. The van der Waals surface area contributed by atoms with Crippen molar-refractivity contribution >= 4 is 41.2 Å². The molecule has 0 saturated carbocycles. The van der Waals surface area contributed by atoms with Crippen LogP contribution in [0, 0.1) is 16.7 Å². The van der Waals surface area contributed by atoms with Crippen molar-refractivity contribution in [3.63, 3.8) is 0 Å². The van der Waals surface area contributed by atoms with E-state index in [0.29, 0.717) is 18.2 Å². The second-order valence-corrected chi connectivity index (χ2v) is 6.66. The van der Waals surface area contributed by atoms with Gasteiger partial charge in [-0.3, -0.25) is 5.41 Å². The maximum atomic E-state index is 9.34. The summed E-state index contributed by atoms with van der Waals surface area (Å²) in [7, 11) is 0. The highest BCUT2D eigenvalue weighted by Crippen LogP contribution is 2.24. The quantitative estimate of drug-likeness (QED) is 0.220. The van der Waals surface area contributed by atoms with Crippen LogP contribution in [-0.4, -0.2) is 23.0 Å². The maximum absolute atomic E-state index is 9.34. The summed E-state index contributed by atoms with van der Waals surface area (Å²) in [5.74, 6) is 1.06. The first-order chi connectivity index (χ1) is 15.2. The molecule has 31 heavy (non-hydrogen) atoms. The number of pyridine rings is 1. The zero-order valence-electron chi connectivity index (χ0n) is 16.5. The molecule has 0 aliphatic heterocycles. The Morgan fingerprint density at radius 1 is 1.19 bits per heavy atom. The van der Waals surface area contributed by atoms with Crippen LogP contribution in [0.1, 0.15) is 11.3 Å². The van der Waals surface area contributed by atoms with Gasteiger partial charge in [0.2, 0.25) is 0 Å². The van der Waals surface area contributed by atoms with Crippen LogP contribution in [-0.2, 0) is 6.61 Å². The largest absolute Gasteiger partial charge is 0.489 e. The van der Waals surface area contributed by atoms with E-state index >= 15 is 0 Å². The Balaban J connectivity index is 1.49. The fourth-order valence-electron chi connectivity index (χ4n) is 3.09. The predicted octanol–water partition coefficient (Wildman–Crippen LogP) is 4.79. The Hall–Kier alpha value is -4.64. The molecule has 0 saturated heterocycles. The average Bonchev–Trinajstić information content (AvgIpc) is 3.27. The molecule has 0 unspecified atom stereocenters. The van der Waals surface area contributed by atoms with E-state index in [9.17, 15) is 5.26 Å². The van der Waals surface area contributed by atoms with E-state index in [1.165, 1.54) is 5.01 Å². The zero-order valence-corrected chi connectivity index (χ0v) is 16.5. The van der Waals surface area contributed by atoms with Crippen molar-refractivity contribution in [3.05, 3.63) is 78.1 Å². The first kappa shape index (κ1) is 19.7. The van der Waals surface area contributed by atoms with Crippen LogP contribution >= 0.6 is 0 Å². The van der Waals surface area contributed by atoms with Crippen LogP contribution in [0.4, 0.5) is 17.2 Å². The van der Waals surface area contributed by atoms with E-state index in [1.54, 1.807) is 12.1 Å². The Kier molecular flexibility index (Phi) is 5.58. The van der Waals surface area contributed by atoms with Crippen LogP contribution in [0.2, 0.25) is 0 Å². The Labute approximate surface area is 178 Å². The van der Waals surface area contributed by atoms with Gasteiger partial charge in [0.15, 0.2) is 0 Å². The van der Waals surface area contributed by atoms with Gasteiger partial charge in [-0.05, 0) is 41.3 Å². The zero-order chi connectivity index (χ0) is 21.6. The smallest absolute Gasteiger partial charge is 0.146 e. The Morgan fingerprint density at radius 3 is 2.77 bits per heavy atom. The molecule has 0 atom stereocenters. The third kappa shape index (κ3) is 4.52. The minimum Gasteiger partial charge on any atom is -0.489 e. The number of hydrogen-bond donors (Lipinski definition) is 3. The summed E-state index contributed by atoms with van der Waals surface area (Å²) < 4.78 is 5.89. The van der Waals surface area contributed by atoms with Gasteiger partial charge in [0.25, 0.3) is 0 Å². The molecule has 4 aromatic rings. The molecule has 8 heteroatoms. The number of aromatic nitrogens is 2. The first-order valence-electron chi connectivity index (χ1n) is 9.43. The fourth-order valence-corrected chi connectivity index (χ4v) is 3.09. The van der Waals surface area contributed by atoms with Gasteiger partial charge in [0.05, 0.1) is 5.69 Å². The molecular weight excluding hydrogens is 390 g/mol. The van der Waals surface area contributed by atoms with Crippen molar-refractivity contribution in [2.75, 3.05) is 10.3 Å². The minimum atomic E-state index is 0.259. The summed E-state index contributed by atoms with van der Waals surface area (Å²) in [5.41, 5.74) is 3.78. The SMILES string of the molecule is C=NN(C=N)c1ccc(COc2cc(C#N)nc(Nc3ccc4cc[nH]c4c3)c2)cc1. The molecule has 2 aromatic heterocycles. The normalized spacial score (nSPS) is 10.3. The molecule has 0 aliphatic carbocycles. The highest BCUT2D eigenvalue weighted by atomic mass is 16.5. The third-order valence-electron chi connectivity index (χ3n) is 4.62. The summed E-state index contributed by atoms with van der Waals surface area (Å²) in [5, 5.41) is 26.1. The number of rotatable bonds is 8. The number of ether oxygens (including phenoxy) is 1. The first-order valence-corrected chi connectivity index (χ1v) is 9.43. The van der Waals surface area contributed by atoms with Crippen molar-refractivity contribution in [1.29, 1.82) is 10.7 Å². The number of anilines is 3. The highest BCUT2D eigenvalue weighted by molar-refractivity contribution is 5.83. The number of H-pyrrole nitrogens is 1. The van der Waals surface area contributed by atoms with Gasteiger partial charge in [-0.25, -0.2) is 9.99 Å². The lowest BCUT2D eigenvalue weighted by atomic mass is 10.2. The van der Waals surface area contributed by atoms with Gasteiger partial charge < -0.3 is 15.0 Å². The molecule has 0 radical (unpaired) electrons. The lowest BCUT2D eigenvalue weighted by Gasteiger charge is -2.13. The molecule has 152 valence electrons. The maximum Gasteiger partial charge on any atom is 0.146 e. The lowest BCUT2D eigenvalue weighted by Crippen LogP contribution is -2.11. The number of nitrogens with one attached hydrogen (secondary N) is 3. The average molecular weight is 409 g/mol. The van der Waals surface area contributed by atoms with Gasteiger partial charge in [-0.2, -0.15) is 10.4 Å². The predicted molar refractivity (Wildman–Crippen MR) is 122 cm³/mol. The van der Waals surface area contributed by atoms with Gasteiger partial charge in [0.1, 0.15) is 36.3 Å². The van der Waals surface area contributed by atoms with Crippen molar-refractivity contribution in [1.82, 2.24) is 9.97 Å². The van der Waals surface area contributed by atoms with Gasteiger partial charge in [-0.1, -0.05) is 18.2 Å². The van der Waals surface area contributed by atoms with E-state index in [2.05, 4.69) is 33.2 Å². The highest BCUT2D eigenvalue weighted by Gasteiger charge is 2.07. The Bertz CT molecular complexity index is 1260. The summed E-state index contributed by atoms with van der Waals surface area (Å²) in [6, 6.07) is 20.8. The van der Waals surface area contributed by atoms with E-state index < -0.39 is 0 Å². The summed E-state index contributed by atoms with van der Waals surface area (Å²) >= 11 is 0. The molecule has 0 fully saturated rings. The van der Waals surface area contributed by atoms with E-state index in [1.807, 2.05) is 54.7 Å². The number of hydrogen-bond acceptors (Lipinski definition) is 6. The topological polar surface area (TPSA) is 113 Å². The second-order valence-electron chi connectivity index (χ2n) is 6.66. The molecule has 0 amide bonds. The number of benzene rings is 2. The van der Waals surface area contributed by atoms with E-state index in [-0.39, 0.29) is 5.69 Å². The van der Waals surface area contributed by atoms with Crippen LogP contribution in [0.25, 0.3) is 10.9 Å². The van der Waals surface area contributed by atoms with E-state index in [4.69, 9.17) is 10.1 Å². The molecule has 0 aliphatic rings. The molecule has 8 nitrogen and oxygen atoms in total. The molecule has 0 bridgehead atoms. The van der Waals surface area contributed by atoms with Crippen molar-refractivity contribution in [2.24, 2.45) is 5.10 Å². The summed E-state index contributed by atoms with van der Waals surface area (Å²) in [4.78, 5) is 7.49. The summed E-state index contributed by atoms with van der Waals surface area (Å²) in [6.45, 7) is 3.75. The molecule has 4 rings (SSSR count). The fraction of sp³-hybridized carbons (Fsp3) is 0.0435. The standard InChI is InChI=1S/C23H19N7O/c1-26-30(15-25)20-6-2-16(3-7-20)14-31-21-10-19(13-24)29-23(12-21)28-18-5-4-17-8-9-27-22(17)11-18/h2-12,15,25,27H,1,14H2,(H,28,29). The van der Waals surface area contributed by atoms with Crippen LogP contribution in [0.15, 0.2) is 72.0 Å². The molecular formula is C23H19N7O. The number of nitrogens with zero attached hydrogens (tertiary/aromatic N) is 4. The molecule has 2 heterocycles. The van der Waals surface area contributed by atoms with Gasteiger partial charge in [0, 0.05) is 36.3 Å². The lowest BCUT2D eigenvalue weighted by molar-refractivity contribution is 0.306. The Morgan fingerprint density at radius 2 is 2.03 bits per heavy atom. The van der Waals surface area contributed by atoms with Crippen LogP contribution < -0.4 is 15.1 Å². The number of hydrazone groups is 1. The van der Waals surface area contributed by atoms with E-state index in [0.717, 1.165) is 34.2 Å². The number of fused-ring (bicyclic) bond motifs is 1. The van der Waals surface area contributed by atoms with Crippen LogP contribution in [0.5, 0.6) is 5.75 Å². The number of nitriles is 1. The molecule has 0 spiro atoms. The van der Waals surface area contributed by atoms with Gasteiger partial charge in [-0.15, -0.1) is 0 Å². The van der Waals surface area contributed by atoms with Crippen molar-refractivity contribution < 1.29 is 4.74 Å². The summed E-state index contributed by atoms with van der Waals surface area (Å²) in [6.07, 6.45) is 2.97. The number of aromatic amines is 1. The molecule has 3 N–H and O–H groups in total. The van der Waals surface area contributed by atoms with Crippen molar-refractivity contribution in [2.45, 2.75) is 6.61 Å². The van der Waals surface area contributed by atoms with Crippen molar-refractivity contribution in [3.8, 4) is 11.8 Å².